The summed E-state index contributed by atoms with van der Waals surface area (Å²) in [4.78, 5) is 6.98. The van der Waals surface area contributed by atoms with Gasteiger partial charge in [-0.2, -0.15) is 0 Å². The van der Waals surface area contributed by atoms with Crippen LogP contribution in [-0.2, 0) is 6.54 Å². The Balaban J connectivity index is 1.98. The highest BCUT2D eigenvalue weighted by atomic mass is 15.2. The Hall–Kier alpha value is -1.35. The molecule has 1 heterocycles. The van der Waals surface area contributed by atoms with Gasteiger partial charge in [-0.1, -0.05) is 30.3 Å². The molecule has 0 aliphatic carbocycles. The lowest BCUT2D eigenvalue weighted by molar-refractivity contribution is 0.252. The third-order valence-electron chi connectivity index (χ3n) is 3.44. The van der Waals surface area contributed by atoms with Gasteiger partial charge in [-0.25, -0.2) is 0 Å². The van der Waals surface area contributed by atoms with Gasteiger partial charge < -0.3 is 5.73 Å². The first-order chi connectivity index (χ1) is 8.16. The Labute approximate surface area is 103 Å². The van der Waals surface area contributed by atoms with Crippen molar-refractivity contribution in [2.45, 2.75) is 38.9 Å². The number of rotatable bonds is 3. The molecule has 1 aromatic carbocycles. The minimum Gasteiger partial charge on any atom is -0.388 e. The van der Waals surface area contributed by atoms with Gasteiger partial charge >= 0.3 is 0 Å². The van der Waals surface area contributed by atoms with Crippen LogP contribution in [-0.4, -0.2) is 29.4 Å². The van der Waals surface area contributed by atoms with E-state index in [1.54, 1.807) is 0 Å². The summed E-state index contributed by atoms with van der Waals surface area (Å²) in [6.07, 6.45) is 1.11. The van der Waals surface area contributed by atoms with Crippen molar-refractivity contribution in [2.24, 2.45) is 10.7 Å². The molecule has 0 spiro atoms. The van der Waals surface area contributed by atoms with Crippen LogP contribution < -0.4 is 5.73 Å². The third kappa shape index (κ3) is 3.07. The molecule has 2 rings (SSSR count). The van der Waals surface area contributed by atoms with Crippen molar-refractivity contribution in [1.82, 2.24) is 4.90 Å². The molecule has 0 radical (unpaired) electrons. The molecule has 2 atom stereocenters. The van der Waals surface area contributed by atoms with Gasteiger partial charge in [-0.15, -0.1) is 0 Å². The number of nitrogens with zero attached hydrogens (tertiary/aromatic N) is 2. The summed E-state index contributed by atoms with van der Waals surface area (Å²) in [6, 6.07) is 11.4. The molecule has 3 heteroatoms. The van der Waals surface area contributed by atoms with E-state index in [1.807, 2.05) is 6.92 Å². The molecule has 92 valence electrons. The standard InChI is InChI=1S/C14H21N3/c1-11-14(16-12(2)15)8-9-17(11)10-13-6-4-3-5-7-13/h3-7,11,14H,8-10H2,1-2H3,(H2,15,16). The van der Waals surface area contributed by atoms with Crippen molar-refractivity contribution in [3.8, 4) is 0 Å². The molecular formula is C14H21N3. The summed E-state index contributed by atoms with van der Waals surface area (Å²) in [5.41, 5.74) is 7.03. The van der Waals surface area contributed by atoms with E-state index in [0.717, 1.165) is 19.5 Å². The molecule has 0 bridgehead atoms. The van der Waals surface area contributed by atoms with E-state index in [0.29, 0.717) is 17.9 Å². The molecule has 1 aromatic rings. The molecule has 0 saturated carbocycles. The van der Waals surface area contributed by atoms with Crippen molar-refractivity contribution in [3.63, 3.8) is 0 Å². The fraction of sp³-hybridized carbons (Fsp3) is 0.500. The molecular weight excluding hydrogens is 210 g/mol. The highest BCUT2D eigenvalue weighted by molar-refractivity contribution is 5.77. The van der Waals surface area contributed by atoms with Gasteiger partial charge in [0.05, 0.1) is 11.9 Å². The minimum absolute atomic E-state index is 0.365. The second kappa shape index (κ2) is 5.32. The van der Waals surface area contributed by atoms with Crippen LogP contribution in [0.25, 0.3) is 0 Å². The first-order valence-electron chi connectivity index (χ1n) is 6.24. The first-order valence-corrected chi connectivity index (χ1v) is 6.24. The van der Waals surface area contributed by atoms with Gasteiger partial charge in [0.25, 0.3) is 0 Å². The quantitative estimate of drug-likeness (QED) is 0.639. The number of aliphatic imine (C=N–C) groups is 1. The average Bonchev–Trinajstić information content (AvgIpc) is 2.62. The summed E-state index contributed by atoms with van der Waals surface area (Å²) < 4.78 is 0. The zero-order valence-electron chi connectivity index (χ0n) is 10.6. The van der Waals surface area contributed by atoms with Gasteiger partial charge in [0, 0.05) is 19.1 Å². The Kier molecular flexibility index (Phi) is 3.79. The van der Waals surface area contributed by atoms with Gasteiger partial charge in [-0.3, -0.25) is 9.89 Å². The lowest BCUT2D eigenvalue weighted by atomic mass is 10.1. The lowest BCUT2D eigenvalue weighted by Gasteiger charge is -2.23. The van der Waals surface area contributed by atoms with Crippen molar-refractivity contribution >= 4 is 5.84 Å². The third-order valence-corrected chi connectivity index (χ3v) is 3.44. The second-order valence-corrected chi connectivity index (χ2v) is 4.82. The van der Waals surface area contributed by atoms with Gasteiger partial charge in [0.1, 0.15) is 0 Å². The summed E-state index contributed by atoms with van der Waals surface area (Å²) in [5, 5.41) is 0. The van der Waals surface area contributed by atoms with Crippen LogP contribution in [0.1, 0.15) is 25.8 Å². The van der Waals surface area contributed by atoms with Gasteiger partial charge in [-0.05, 0) is 25.8 Å². The molecule has 1 aliphatic rings. The van der Waals surface area contributed by atoms with Gasteiger partial charge in [0.2, 0.25) is 0 Å². The predicted molar refractivity (Wildman–Crippen MR) is 72.0 cm³/mol. The number of nitrogens with two attached hydrogens (primary N) is 1. The van der Waals surface area contributed by atoms with E-state index in [4.69, 9.17) is 5.73 Å². The molecule has 3 nitrogen and oxygen atoms in total. The molecule has 1 saturated heterocycles. The maximum atomic E-state index is 5.66. The Morgan fingerprint density at radius 1 is 1.41 bits per heavy atom. The van der Waals surface area contributed by atoms with Crippen molar-refractivity contribution in [3.05, 3.63) is 35.9 Å². The minimum atomic E-state index is 0.365. The van der Waals surface area contributed by atoms with Crippen LogP contribution in [0.2, 0.25) is 0 Å². The van der Waals surface area contributed by atoms with Crippen molar-refractivity contribution < 1.29 is 0 Å². The summed E-state index contributed by atoms with van der Waals surface area (Å²) in [6.45, 7) is 6.23. The highest BCUT2D eigenvalue weighted by Crippen LogP contribution is 2.22. The highest BCUT2D eigenvalue weighted by Gasteiger charge is 2.29. The smallest absolute Gasteiger partial charge is 0.0909 e. The Morgan fingerprint density at radius 3 is 2.76 bits per heavy atom. The number of likely N-dealkylation sites (tertiary alicyclic amines) is 1. The van der Waals surface area contributed by atoms with Crippen LogP contribution in [0, 0.1) is 0 Å². The lowest BCUT2D eigenvalue weighted by Crippen LogP contribution is -2.32. The van der Waals surface area contributed by atoms with Crippen molar-refractivity contribution in [2.75, 3.05) is 6.54 Å². The number of hydrogen-bond acceptors (Lipinski definition) is 2. The summed E-state index contributed by atoms with van der Waals surface area (Å²) in [7, 11) is 0. The molecule has 2 N–H and O–H groups in total. The van der Waals surface area contributed by atoms with Crippen LogP contribution in [0.15, 0.2) is 35.3 Å². The maximum absolute atomic E-state index is 5.66. The number of benzene rings is 1. The number of amidine groups is 1. The van der Waals surface area contributed by atoms with E-state index >= 15 is 0 Å². The predicted octanol–water partition coefficient (Wildman–Crippen LogP) is 2.03. The molecule has 1 fully saturated rings. The first kappa shape index (κ1) is 12.1. The monoisotopic (exact) mass is 231 g/mol. The van der Waals surface area contributed by atoms with Crippen LogP contribution >= 0.6 is 0 Å². The number of hydrogen-bond donors (Lipinski definition) is 1. The SMILES string of the molecule is CC(N)=NC1CCN(Cc2ccccc2)C1C. The van der Waals surface area contributed by atoms with E-state index in [1.165, 1.54) is 5.56 Å². The maximum Gasteiger partial charge on any atom is 0.0909 e. The van der Waals surface area contributed by atoms with E-state index in [9.17, 15) is 0 Å². The molecule has 2 unspecified atom stereocenters. The topological polar surface area (TPSA) is 41.6 Å². The van der Waals surface area contributed by atoms with Crippen LogP contribution in [0.4, 0.5) is 0 Å². The van der Waals surface area contributed by atoms with E-state index < -0.39 is 0 Å². The van der Waals surface area contributed by atoms with Crippen LogP contribution in [0.5, 0.6) is 0 Å². The molecule has 1 aliphatic heterocycles. The van der Waals surface area contributed by atoms with Gasteiger partial charge in [0.15, 0.2) is 0 Å². The normalized spacial score (nSPS) is 26.4. The fourth-order valence-corrected chi connectivity index (χ4v) is 2.46. The fourth-order valence-electron chi connectivity index (χ4n) is 2.46. The summed E-state index contributed by atoms with van der Waals surface area (Å²) >= 11 is 0. The zero-order valence-corrected chi connectivity index (χ0v) is 10.6. The Morgan fingerprint density at radius 2 is 2.12 bits per heavy atom. The largest absolute Gasteiger partial charge is 0.388 e. The second-order valence-electron chi connectivity index (χ2n) is 4.82. The Bertz CT molecular complexity index is 382. The van der Waals surface area contributed by atoms with Crippen LogP contribution in [0.3, 0.4) is 0 Å². The summed E-state index contributed by atoms with van der Waals surface area (Å²) in [5.74, 6) is 0.698. The molecule has 0 amide bonds. The van der Waals surface area contributed by atoms with E-state index in [2.05, 4.69) is 47.1 Å². The average molecular weight is 231 g/mol. The molecule has 0 aromatic heterocycles. The zero-order chi connectivity index (χ0) is 12.3. The van der Waals surface area contributed by atoms with E-state index in [-0.39, 0.29) is 0 Å². The van der Waals surface area contributed by atoms with Crippen molar-refractivity contribution in [1.29, 1.82) is 0 Å². The molecule has 17 heavy (non-hydrogen) atoms.